The van der Waals surface area contributed by atoms with Gasteiger partial charge in [-0.1, -0.05) is 41.9 Å². The molecule has 5 aliphatic rings. The highest BCUT2D eigenvalue weighted by Gasteiger charge is 2.55. The Labute approximate surface area is 334 Å². The third-order valence-corrected chi connectivity index (χ3v) is 12.7. The predicted octanol–water partition coefficient (Wildman–Crippen LogP) is 0.536. The number of β-lactam (4-membered cyclic amide) rings is 1. The number of rotatable bonds is 11. The lowest BCUT2D eigenvalue weighted by Crippen LogP contribution is -2.71. The van der Waals surface area contributed by atoms with Crippen molar-refractivity contribution in [3.05, 3.63) is 69.9 Å². The number of aromatic hydroxyl groups is 2. The summed E-state index contributed by atoms with van der Waals surface area (Å²) in [6.07, 6.45) is 3.25. The van der Waals surface area contributed by atoms with Crippen LogP contribution in [0.3, 0.4) is 0 Å². The van der Waals surface area contributed by atoms with Gasteiger partial charge in [-0.15, -0.1) is 11.8 Å². The van der Waals surface area contributed by atoms with Crippen LogP contribution in [0.25, 0.3) is 0 Å². The molecule has 4 saturated heterocycles. The van der Waals surface area contributed by atoms with E-state index in [4.69, 9.17) is 11.6 Å². The van der Waals surface area contributed by atoms with E-state index in [1.807, 2.05) is 0 Å². The van der Waals surface area contributed by atoms with Crippen molar-refractivity contribution in [1.82, 2.24) is 35.6 Å². The Kier molecular flexibility index (Phi) is 11.2. The van der Waals surface area contributed by atoms with Gasteiger partial charge >= 0.3 is 23.8 Å². The summed E-state index contributed by atoms with van der Waals surface area (Å²) in [4.78, 5) is 108. The summed E-state index contributed by atoms with van der Waals surface area (Å²) in [7, 11) is 0. The Morgan fingerprint density at radius 1 is 0.947 bits per heavy atom. The number of nitrogens with zero attached hydrogens (tertiary/aromatic N) is 4. The maximum atomic E-state index is 13.8. The third kappa shape index (κ3) is 7.49. The van der Waals surface area contributed by atoms with Crippen molar-refractivity contribution in [2.45, 2.75) is 61.3 Å². The van der Waals surface area contributed by atoms with Crippen LogP contribution < -0.4 is 16.0 Å². The summed E-state index contributed by atoms with van der Waals surface area (Å²) < 4.78 is 0. The SMILES string of the molecule is O=CCN1CCN(C(=O)N[C@@H](C(=O)N[C@@H]2C(=O)N3C(C(=O)O)=C(CN4[C@@H]5CC[C@H]4C[C@@H](NC(=O)c4ccc(O)c(O)c4Cl)C5)CS[C@H]23)c2ccccc2)C(=O)C1=O. The Morgan fingerprint density at radius 2 is 1.65 bits per heavy atom. The van der Waals surface area contributed by atoms with Crippen molar-refractivity contribution in [2.75, 3.05) is 31.9 Å². The minimum atomic E-state index is -1.40. The molecule has 7 rings (SSSR count). The summed E-state index contributed by atoms with van der Waals surface area (Å²) >= 11 is 7.39. The van der Waals surface area contributed by atoms with E-state index in [1.165, 1.54) is 28.8 Å². The van der Waals surface area contributed by atoms with Crippen LogP contribution >= 0.6 is 23.4 Å². The van der Waals surface area contributed by atoms with Gasteiger partial charge in [-0.3, -0.25) is 38.7 Å². The van der Waals surface area contributed by atoms with E-state index in [1.54, 1.807) is 30.3 Å². The van der Waals surface area contributed by atoms with E-state index in [9.17, 15) is 53.7 Å². The number of phenols is 2. The first-order valence-electron chi connectivity index (χ1n) is 18.2. The molecule has 2 bridgehead atoms. The van der Waals surface area contributed by atoms with Crippen LogP contribution in [-0.4, -0.2) is 144 Å². The van der Waals surface area contributed by atoms with Crippen LogP contribution in [-0.2, 0) is 28.8 Å². The van der Waals surface area contributed by atoms with Gasteiger partial charge in [-0.05, 0) is 49.0 Å². The van der Waals surface area contributed by atoms with Crippen molar-refractivity contribution < 1.29 is 53.7 Å². The van der Waals surface area contributed by atoms with E-state index < -0.39 is 70.5 Å². The quantitative estimate of drug-likeness (QED) is 0.0785. The van der Waals surface area contributed by atoms with Crippen LogP contribution in [0, 0.1) is 0 Å². The molecular formula is C37H38ClN7O11S. The Morgan fingerprint density at radius 3 is 2.32 bits per heavy atom. The molecule has 0 unspecified atom stereocenters. The number of nitrogens with one attached hydrogen (secondary N) is 3. The number of hydrogen-bond donors (Lipinski definition) is 6. The Hall–Kier alpha value is -5.66. The molecule has 0 aliphatic carbocycles. The van der Waals surface area contributed by atoms with Crippen LogP contribution in [0.2, 0.25) is 5.02 Å². The molecule has 0 saturated carbocycles. The second-order valence-corrected chi connectivity index (χ2v) is 15.8. The van der Waals surface area contributed by atoms with Crippen molar-refractivity contribution in [1.29, 1.82) is 0 Å². The Bertz CT molecular complexity index is 2070. The fourth-order valence-electron chi connectivity index (χ4n) is 8.18. The number of carboxylic acid groups (broad SMARTS) is 1. The van der Waals surface area contributed by atoms with E-state index in [0.717, 1.165) is 17.7 Å². The zero-order chi connectivity index (χ0) is 40.7. The highest BCUT2D eigenvalue weighted by Crippen LogP contribution is 2.43. The van der Waals surface area contributed by atoms with Crippen LogP contribution in [0.15, 0.2) is 53.7 Å². The van der Waals surface area contributed by atoms with Crippen molar-refractivity contribution in [3.8, 4) is 11.5 Å². The summed E-state index contributed by atoms with van der Waals surface area (Å²) in [5, 5.41) is 37.1. The maximum Gasteiger partial charge on any atom is 0.352 e. The second kappa shape index (κ2) is 16.1. The summed E-state index contributed by atoms with van der Waals surface area (Å²) in [6, 6.07) is 6.81. The molecule has 57 heavy (non-hydrogen) atoms. The van der Waals surface area contributed by atoms with Gasteiger partial charge in [0.25, 0.3) is 11.8 Å². The molecule has 2 aromatic rings. The minimum absolute atomic E-state index is 0.0147. The number of amides is 7. The summed E-state index contributed by atoms with van der Waals surface area (Å²) in [5.41, 5.74) is 0.721. The van der Waals surface area contributed by atoms with Gasteiger partial charge in [-0.2, -0.15) is 0 Å². The summed E-state index contributed by atoms with van der Waals surface area (Å²) in [5.74, 6) is -6.21. The molecule has 6 N–H and O–H groups in total. The number of thioether (sulfide) groups is 1. The molecule has 20 heteroatoms. The fourth-order valence-corrected chi connectivity index (χ4v) is 9.77. The number of halogens is 1. The van der Waals surface area contributed by atoms with E-state index in [2.05, 4.69) is 20.9 Å². The lowest BCUT2D eigenvalue weighted by molar-refractivity contribution is -0.154. The normalized spacial score (nSPS) is 25.0. The molecular weight excluding hydrogens is 786 g/mol. The number of imide groups is 1. The zero-order valence-corrected chi connectivity index (χ0v) is 31.7. The van der Waals surface area contributed by atoms with Crippen LogP contribution in [0.1, 0.15) is 47.6 Å². The van der Waals surface area contributed by atoms with Gasteiger partial charge in [-0.25, -0.2) is 9.59 Å². The molecule has 0 spiro atoms. The smallest absolute Gasteiger partial charge is 0.352 e. The van der Waals surface area contributed by atoms with E-state index in [-0.39, 0.29) is 66.3 Å². The van der Waals surface area contributed by atoms with Gasteiger partial charge in [0, 0.05) is 43.5 Å². The number of piperazine rings is 1. The molecule has 0 aromatic heterocycles. The molecule has 5 heterocycles. The van der Waals surface area contributed by atoms with Gasteiger partial charge in [0.15, 0.2) is 11.5 Å². The molecule has 18 nitrogen and oxygen atoms in total. The second-order valence-electron chi connectivity index (χ2n) is 14.3. The average Bonchev–Trinajstić information content (AvgIpc) is 3.42. The van der Waals surface area contributed by atoms with Crippen molar-refractivity contribution in [2.24, 2.45) is 0 Å². The molecule has 7 amide bonds. The number of benzene rings is 2. The number of fused-ring (bicyclic) bond motifs is 3. The first kappa shape index (κ1) is 39.6. The largest absolute Gasteiger partial charge is 0.504 e. The number of phenolic OH excluding ortho intramolecular Hbond substituents is 2. The third-order valence-electron chi connectivity index (χ3n) is 11.0. The number of carbonyl (C=O) groups is 8. The molecule has 6 atom stereocenters. The number of piperidine rings is 1. The Balaban J connectivity index is 1.01. The van der Waals surface area contributed by atoms with Gasteiger partial charge in [0.1, 0.15) is 29.4 Å². The lowest BCUT2D eigenvalue weighted by atomic mass is 9.95. The van der Waals surface area contributed by atoms with Gasteiger partial charge < -0.3 is 41.0 Å². The number of carbonyl (C=O) groups excluding carboxylic acids is 7. The molecule has 5 aliphatic heterocycles. The van der Waals surface area contributed by atoms with Gasteiger partial charge in [0.05, 0.1) is 17.1 Å². The maximum absolute atomic E-state index is 13.8. The lowest BCUT2D eigenvalue weighted by Gasteiger charge is -2.50. The van der Waals surface area contributed by atoms with Crippen molar-refractivity contribution in [3.63, 3.8) is 0 Å². The number of urea groups is 1. The summed E-state index contributed by atoms with van der Waals surface area (Å²) in [6.45, 7) is -0.320. The zero-order valence-electron chi connectivity index (χ0n) is 30.1. The standard InChI is InChI=1S/C37H38ClN7O11S/c38-25-23(8-9-24(47)29(25)48)30(49)39-20-14-21-6-7-22(15-20)44(21)16-19-17-57-35-27(32(51)45(35)28(19)36(54)55)40-31(50)26(18-4-2-1-3-5-18)41-37(56)43-11-10-42(12-13-46)33(52)34(43)53/h1-5,8-9,13,20-22,26-27,35,47-48H,6-7,10-12,14-17H2,(H,39,49)(H,40,50)(H,41,56)(H,54,55)/t20-,21+,22-,26-,27-,35-/m1/s1. The monoisotopic (exact) mass is 823 g/mol. The fraction of sp³-hybridized carbons (Fsp3) is 0.405. The van der Waals surface area contributed by atoms with Crippen LogP contribution in [0.4, 0.5) is 4.79 Å². The van der Waals surface area contributed by atoms with E-state index >= 15 is 0 Å². The molecule has 2 aromatic carbocycles. The minimum Gasteiger partial charge on any atom is -0.504 e. The first-order chi connectivity index (χ1) is 27.3. The topological polar surface area (TPSA) is 246 Å². The number of carboxylic acids is 1. The molecule has 0 radical (unpaired) electrons. The van der Waals surface area contributed by atoms with E-state index in [0.29, 0.717) is 35.2 Å². The highest BCUT2D eigenvalue weighted by atomic mass is 35.5. The van der Waals surface area contributed by atoms with Crippen LogP contribution in [0.5, 0.6) is 11.5 Å². The first-order valence-corrected chi connectivity index (χ1v) is 19.6. The number of aldehydes is 1. The molecule has 300 valence electrons. The number of aliphatic carboxylic acids is 1. The molecule has 4 fully saturated rings. The predicted molar refractivity (Wildman–Crippen MR) is 201 cm³/mol. The van der Waals surface area contributed by atoms with Crippen molar-refractivity contribution >= 4 is 71.2 Å². The average molecular weight is 824 g/mol. The highest BCUT2D eigenvalue weighted by molar-refractivity contribution is 8.00. The number of hydrogen-bond acceptors (Lipinski definition) is 12. The van der Waals surface area contributed by atoms with Gasteiger partial charge in [0.2, 0.25) is 5.91 Å².